The highest BCUT2D eigenvalue weighted by molar-refractivity contribution is 5.91. The number of hydrogen-bond acceptors (Lipinski definition) is 4. The van der Waals surface area contributed by atoms with Crippen LogP contribution < -0.4 is 14.2 Å². The molecule has 2 rings (SSSR count). The first-order valence-electron chi connectivity index (χ1n) is 13.5. The van der Waals surface area contributed by atoms with Gasteiger partial charge in [-0.05, 0) is 49.2 Å². The Morgan fingerprint density at radius 1 is 0.657 bits per heavy atom. The van der Waals surface area contributed by atoms with Crippen molar-refractivity contribution in [3.8, 4) is 17.2 Å². The summed E-state index contributed by atoms with van der Waals surface area (Å²) < 4.78 is 30.9. The molecule has 194 valence electrons. The van der Waals surface area contributed by atoms with Gasteiger partial charge in [0.15, 0.2) is 11.6 Å². The average Bonchev–Trinajstić information content (AvgIpc) is 2.86. The molecule has 0 aliphatic carbocycles. The van der Waals surface area contributed by atoms with Crippen molar-refractivity contribution in [3.63, 3.8) is 0 Å². The zero-order chi connectivity index (χ0) is 25.1. The van der Waals surface area contributed by atoms with E-state index < -0.39 is 11.8 Å². The molecule has 0 atom stereocenters. The molecule has 0 aliphatic heterocycles. The highest BCUT2D eigenvalue weighted by Crippen LogP contribution is 2.24. The van der Waals surface area contributed by atoms with E-state index in [1.807, 2.05) is 0 Å². The largest absolute Gasteiger partial charge is 0.494 e. The number of ether oxygens (including phenoxy) is 3. The van der Waals surface area contributed by atoms with Gasteiger partial charge in [-0.1, -0.05) is 84.5 Å². The smallest absolute Gasteiger partial charge is 0.343 e. The molecule has 0 heterocycles. The quantitative estimate of drug-likeness (QED) is 0.113. The van der Waals surface area contributed by atoms with Gasteiger partial charge in [-0.2, -0.15) is 0 Å². The van der Waals surface area contributed by atoms with Gasteiger partial charge in [0.2, 0.25) is 0 Å². The van der Waals surface area contributed by atoms with Crippen molar-refractivity contribution in [2.24, 2.45) is 0 Å². The van der Waals surface area contributed by atoms with E-state index in [0.717, 1.165) is 25.0 Å². The van der Waals surface area contributed by atoms with Gasteiger partial charge in [-0.15, -0.1) is 0 Å². The summed E-state index contributed by atoms with van der Waals surface area (Å²) in [5.74, 6) is -0.0139. The molecule has 0 saturated carbocycles. The molecule has 0 fully saturated rings. The third-order valence-electron chi connectivity index (χ3n) is 5.98. The van der Waals surface area contributed by atoms with E-state index in [2.05, 4.69) is 13.8 Å². The minimum absolute atomic E-state index is 0.151. The fourth-order valence-corrected chi connectivity index (χ4v) is 3.83. The van der Waals surface area contributed by atoms with Crippen molar-refractivity contribution in [1.29, 1.82) is 0 Å². The van der Waals surface area contributed by atoms with Gasteiger partial charge in [-0.3, -0.25) is 0 Å². The van der Waals surface area contributed by atoms with E-state index in [9.17, 15) is 9.18 Å². The Morgan fingerprint density at radius 2 is 1.17 bits per heavy atom. The lowest BCUT2D eigenvalue weighted by molar-refractivity contribution is 0.0734. The summed E-state index contributed by atoms with van der Waals surface area (Å²) in [6, 6.07) is 11.1. The van der Waals surface area contributed by atoms with E-state index in [-0.39, 0.29) is 11.5 Å². The lowest BCUT2D eigenvalue weighted by atomic mass is 10.1. The van der Waals surface area contributed by atoms with E-state index in [1.165, 1.54) is 76.3 Å². The first-order chi connectivity index (χ1) is 17.1. The van der Waals surface area contributed by atoms with Crippen molar-refractivity contribution < 1.29 is 23.4 Å². The van der Waals surface area contributed by atoms with Crippen LogP contribution in [0.15, 0.2) is 42.5 Å². The summed E-state index contributed by atoms with van der Waals surface area (Å²) in [5, 5.41) is 0. The van der Waals surface area contributed by atoms with Crippen LogP contribution in [0.5, 0.6) is 17.2 Å². The SMILES string of the molecule is CCCCCCCCCCOc1ccc(C(=O)Oc2ccc(OCCCCCCC)c(F)c2)cc1. The van der Waals surface area contributed by atoms with Gasteiger partial charge in [0.1, 0.15) is 11.5 Å². The Bertz CT molecular complexity index is 835. The molecular formula is C30H43FO4. The van der Waals surface area contributed by atoms with Crippen molar-refractivity contribution in [3.05, 3.63) is 53.8 Å². The van der Waals surface area contributed by atoms with Gasteiger partial charge >= 0.3 is 5.97 Å². The van der Waals surface area contributed by atoms with Crippen molar-refractivity contribution in [2.75, 3.05) is 13.2 Å². The predicted molar refractivity (Wildman–Crippen MR) is 140 cm³/mol. The van der Waals surface area contributed by atoms with E-state index >= 15 is 0 Å². The molecule has 0 aliphatic rings. The van der Waals surface area contributed by atoms with Crippen LogP contribution in [0.2, 0.25) is 0 Å². The van der Waals surface area contributed by atoms with Gasteiger partial charge in [0, 0.05) is 6.07 Å². The molecule has 35 heavy (non-hydrogen) atoms. The van der Waals surface area contributed by atoms with Crippen LogP contribution in [0.4, 0.5) is 4.39 Å². The number of unbranched alkanes of at least 4 members (excludes halogenated alkanes) is 11. The molecule has 2 aromatic rings. The maximum Gasteiger partial charge on any atom is 0.343 e. The normalized spacial score (nSPS) is 10.8. The molecule has 0 aromatic heterocycles. The summed E-state index contributed by atoms with van der Waals surface area (Å²) in [6.07, 6.45) is 15.6. The number of carbonyl (C=O) groups excluding carboxylic acids is 1. The number of halogens is 1. The van der Waals surface area contributed by atoms with Crippen LogP contribution >= 0.6 is 0 Å². The molecular weight excluding hydrogens is 443 g/mol. The van der Waals surface area contributed by atoms with E-state index in [1.54, 1.807) is 30.3 Å². The molecule has 0 amide bonds. The first-order valence-corrected chi connectivity index (χ1v) is 13.5. The summed E-state index contributed by atoms with van der Waals surface area (Å²) in [4.78, 5) is 12.4. The average molecular weight is 487 g/mol. The third-order valence-corrected chi connectivity index (χ3v) is 5.98. The lowest BCUT2D eigenvalue weighted by Crippen LogP contribution is -2.09. The second-order valence-electron chi connectivity index (χ2n) is 9.09. The Morgan fingerprint density at radius 3 is 1.74 bits per heavy atom. The number of benzene rings is 2. The maximum atomic E-state index is 14.3. The zero-order valence-corrected chi connectivity index (χ0v) is 21.7. The molecule has 0 unspecified atom stereocenters. The molecule has 0 radical (unpaired) electrons. The molecule has 0 spiro atoms. The summed E-state index contributed by atoms with van der Waals surface area (Å²) in [5.41, 5.74) is 0.386. The lowest BCUT2D eigenvalue weighted by Gasteiger charge is -2.10. The van der Waals surface area contributed by atoms with Crippen LogP contribution in [-0.2, 0) is 0 Å². The molecule has 5 heteroatoms. The predicted octanol–water partition coefficient (Wildman–Crippen LogP) is 8.91. The van der Waals surface area contributed by atoms with Crippen molar-refractivity contribution in [1.82, 2.24) is 0 Å². The minimum Gasteiger partial charge on any atom is -0.494 e. The minimum atomic E-state index is -0.538. The van der Waals surface area contributed by atoms with E-state index in [4.69, 9.17) is 14.2 Å². The summed E-state index contributed by atoms with van der Waals surface area (Å²) >= 11 is 0. The van der Waals surface area contributed by atoms with Gasteiger partial charge in [0.25, 0.3) is 0 Å². The number of esters is 1. The summed E-state index contributed by atoms with van der Waals surface area (Å²) in [7, 11) is 0. The first kappa shape index (κ1) is 28.7. The number of carbonyl (C=O) groups is 1. The molecule has 0 bridgehead atoms. The Balaban J connectivity index is 1.68. The van der Waals surface area contributed by atoms with Gasteiger partial charge in [0.05, 0.1) is 18.8 Å². The van der Waals surface area contributed by atoms with Crippen LogP contribution in [0.1, 0.15) is 108 Å². The Hall–Kier alpha value is -2.56. The maximum absolute atomic E-state index is 14.3. The molecule has 4 nitrogen and oxygen atoms in total. The second kappa shape index (κ2) is 17.8. The molecule has 2 aromatic carbocycles. The van der Waals surface area contributed by atoms with Gasteiger partial charge in [-0.25, -0.2) is 9.18 Å². The zero-order valence-electron chi connectivity index (χ0n) is 21.7. The Labute approximate surface area is 211 Å². The monoisotopic (exact) mass is 486 g/mol. The Kier molecular flexibility index (Phi) is 14.6. The fraction of sp³-hybridized carbons (Fsp3) is 0.567. The highest BCUT2D eigenvalue weighted by atomic mass is 19.1. The van der Waals surface area contributed by atoms with Crippen LogP contribution in [0, 0.1) is 5.82 Å². The standard InChI is InChI=1S/C30H43FO4/c1-3-5-7-9-10-11-13-14-22-33-26-18-16-25(17-19-26)30(32)35-27-20-21-29(28(31)24-27)34-23-15-12-8-6-4-2/h16-21,24H,3-15,22-23H2,1-2H3. The van der Waals surface area contributed by atoms with Gasteiger partial charge < -0.3 is 14.2 Å². The number of hydrogen-bond donors (Lipinski definition) is 0. The summed E-state index contributed by atoms with van der Waals surface area (Å²) in [6.45, 7) is 5.56. The molecule has 0 saturated heterocycles. The topological polar surface area (TPSA) is 44.8 Å². The van der Waals surface area contributed by atoms with Crippen LogP contribution in [-0.4, -0.2) is 19.2 Å². The second-order valence-corrected chi connectivity index (χ2v) is 9.09. The fourth-order valence-electron chi connectivity index (χ4n) is 3.83. The van der Waals surface area contributed by atoms with Crippen molar-refractivity contribution >= 4 is 5.97 Å². The van der Waals surface area contributed by atoms with Crippen LogP contribution in [0.25, 0.3) is 0 Å². The van der Waals surface area contributed by atoms with Crippen molar-refractivity contribution in [2.45, 2.75) is 97.3 Å². The van der Waals surface area contributed by atoms with E-state index in [0.29, 0.717) is 18.8 Å². The van der Waals surface area contributed by atoms with Crippen LogP contribution in [0.3, 0.4) is 0 Å². The molecule has 0 N–H and O–H groups in total. The number of rotatable bonds is 19. The third kappa shape index (κ3) is 12.1. The highest BCUT2D eigenvalue weighted by Gasteiger charge is 2.12.